The second kappa shape index (κ2) is 5.32. The highest BCUT2D eigenvalue weighted by Gasteiger charge is 2.21. The molecule has 0 fully saturated rings. The van der Waals surface area contributed by atoms with E-state index in [1.54, 1.807) is 6.20 Å². The monoisotopic (exact) mass is 299 g/mol. The van der Waals surface area contributed by atoms with Crippen molar-refractivity contribution >= 4 is 22.8 Å². The number of carboxylic acids is 1. The first-order valence-electron chi connectivity index (χ1n) is 6.55. The number of nitrogens with one attached hydrogen (secondary N) is 1. The first-order valence-corrected chi connectivity index (χ1v) is 6.55. The molecule has 0 aliphatic rings. The number of aromatic amines is 1. The fourth-order valence-corrected chi connectivity index (χ4v) is 2.41. The number of H-pyrrole nitrogens is 1. The Morgan fingerprint density at radius 2 is 2.09 bits per heavy atom. The largest absolute Gasteiger partial charge is 0.476 e. The molecule has 4 N–H and O–H groups in total. The Morgan fingerprint density at radius 3 is 2.82 bits per heavy atom. The summed E-state index contributed by atoms with van der Waals surface area (Å²) in [6, 6.07) is 7.67. The topological polar surface area (TPSA) is 127 Å². The maximum Gasteiger partial charge on any atom is 0.358 e. The van der Waals surface area contributed by atoms with Gasteiger partial charge in [-0.05, 0) is 11.6 Å². The Bertz CT molecular complexity index is 864. The maximum absolute atomic E-state index is 11.3. The van der Waals surface area contributed by atoms with Crippen molar-refractivity contribution in [2.45, 2.75) is 13.0 Å². The van der Waals surface area contributed by atoms with Crippen LogP contribution in [0.2, 0.25) is 0 Å². The molecular formula is C14H13N5O3. The van der Waals surface area contributed by atoms with Gasteiger partial charge in [0.2, 0.25) is 5.91 Å². The average molecular weight is 299 g/mol. The van der Waals surface area contributed by atoms with Crippen molar-refractivity contribution in [3.05, 3.63) is 47.4 Å². The van der Waals surface area contributed by atoms with E-state index in [-0.39, 0.29) is 18.7 Å². The van der Waals surface area contributed by atoms with E-state index < -0.39 is 11.9 Å². The Labute approximate surface area is 124 Å². The molecule has 0 unspecified atom stereocenters. The molecule has 2 aromatic heterocycles. The number of hydrogen-bond donors (Lipinski definition) is 3. The first kappa shape index (κ1) is 13.8. The van der Waals surface area contributed by atoms with Crippen LogP contribution in [0.4, 0.5) is 0 Å². The lowest BCUT2D eigenvalue weighted by Crippen LogP contribution is -2.21. The van der Waals surface area contributed by atoms with Gasteiger partial charge in [-0.3, -0.25) is 4.79 Å². The van der Waals surface area contributed by atoms with E-state index in [0.717, 1.165) is 16.5 Å². The first-order chi connectivity index (χ1) is 10.6. The molecule has 0 bridgehead atoms. The smallest absolute Gasteiger partial charge is 0.358 e. The van der Waals surface area contributed by atoms with Gasteiger partial charge in [-0.1, -0.05) is 23.4 Å². The van der Waals surface area contributed by atoms with Crippen molar-refractivity contribution in [2.75, 3.05) is 0 Å². The molecule has 1 aromatic carbocycles. The molecule has 8 heteroatoms. The van der Waals surface area contributed by atoms with Crippen LogP contribution in [0, 0.1) is 0 Å². The van der Waals surface area contributed by atoms with Gasteiger partial charge in [0.15, 0.2) is 5.69 Å². The third-order valence-electron chi connectivity index (χ3n) is 3.38. The number of carbonyl (C=O) groups is 2. The van der Waals surface area contributed by atoms with Crippen LogP contribution >= 0.6 is 0 Å². The number of nitrogens with two attached hydrogens (primary N) is 1. The fourth-order valence-electron chi connectivity index (χ4n) is 2.41. The Morgan fingerprint density at radius 1 is 1.32 bits per heavy atom. The van der Waals surface area contributed by atoms with Crippen molar-refractivity contribution in [1.82, 2.24) is 20.0 Å². The number of fused-ring (bicyclic) bond motifs is 1. The summed E-state index contributed by atoms with van der Waals surface area (Å²) in [5.41, 5.74) is 7.17. The van der Waals surface area contributed by atoms with E-state index in [1.165, 1.54) is 4.68 Å². The number of benzene rings is 1. The average Bonchev–Trinajstić information content (AvgIpc) is 3.04. The van der Waals surface area contributed by atoms with Crippen LogP contribution in [0.15, 0.2) is 30.5 Å². The summed E-state index contributed by atoms with van der Waals surface area (Å²) >= 11 is 0. The van der Waals surface area contributed by atoms with Crippen LogP contribution in [-0.2, 0) is 17.8 Å². The van der Waals surface area contributed by atoms with Crippen molar-refractivity contribution in [3.63, 3.8) is 0 Å². The zero-order chi connectivity index (χ0) is 15.7. The maximum atomic E-state index is 11.3. The molecule has 112 valence electrons. The van der Waals surface area contributed by atoms with Gasteiger partial charge < -0.3 is 15.8 Å². The lowest BCUT2D eigenvalue weighted by atomic mass is 10.1. The minimum Gasteiger partial charge on any atom is -0.476 e. The van der Waals surface area contributed by atoms with Crippen LogP contribution < -0.4 is 5.73 Å². The molecule has 0 aliphatic heterocycles. The summed E-state index contributed by atoms with van der Waals surface area (Å²) in [6.07, 6.45) is 2.09. The number of carbonyl (C=O) groups excluding carboxylic acids is 1. The van der Waals surface area contributed by atoms with Gasteiger partial charge in [-0.2, -0.15) is 0 Å². The van der Waals surface area contributed by atoms with Gasteiger partial charge >= 0.3 is 5.97 Å². The van der Waals surface area contributed by atoms with E-state index in [4.69, 9.17) is 5.73 Å². The van der Waals surface area contributed by atoms with Crippen LogP contribution in [0.3, 0.4) is 0 Å². The molecular weight excluding hydrogens is 286 g/mol. The number of carboxylic acid groups (broad SMARTS) is 1. The Kier molecular flexibility index (Phi) is 3.34. The van der Waals surface area contributed by atoms with Crippen LogP contribution in [0.1, 0.15) is 21.7 Å². The van der Waals surface area contributed by atoms with E-state index in [2.05, 4.69) is 15.3 Å². The molecule has 0 saturated heterocycles. The zero-order valence-corrected chi connectivity index (χ0v) is 11.5. The molecule has 3 aromatic rings. The number of hydrogen-bond acceptors (Lipinski definition) is 4. The molecule has 3 rings (SSSR count). The second-order valence-corrected chi connectivity index (χ2v) is 4.85. The zero-order valence-electron chi connectivity index (χ0n) is 11.5. The molecule has 22 heavy (non-hydrogen) atoms. The number of primary amides is 1. The summed E-state index contributed by atoms with van der Waals surface area (Å²) in [5.74, 6) is -1.80. The van der Waals surface area contributed by atoms with Gasteiger partial charge in [0.05, 0.1) is 5.69 Å². The predicted molar refractivity (Wildman–Crippen MR) is 77.3 cm³/mol. The highest BCUT2D eigenvalue weighted by atomic mass is 16.4. The third-order valence-corrected chi connectivity index (χ3v) is 3.38. The molecule has 0 atom stereocenters. The number of aromatic carboxylic acids is 1. The summed E-state index contributed by atoms with van der Waals surface area (Å²) in [7, 11) is 0. The summed E-state index contributed by atoms with van der Waals surface area (Å²) in [4.78, 5) is 25.5. The van der Waals surface area contributed by atoms with Crippen LogP contribution in [0.5, 0.6) is 0 Å². The molecule has 0 saturated carbocycles. The molecule has 8 nitrogen and oxygen atoms in total. The quantitative estimate of drug-likeness (QED) is 0.633. The summed E-state index contributed by atoms with van der Waals surface area (Å²) in [5, 5.41) is 17.5. The predicted octanol–water partition coefficient (Wildman–Crippen LogP) is 0.534. The minimum atomic E-state index is -1.19. The third kappa shape index (κ3) is 2.41. The molecule has 0 aliphatic carbocycles. The number of amides is 1. The molecule has 0 spiro atoms. The fraction of sp³-hybridized carbons (Fsp3) is 0.143. The van der Waals surface area contributed by atoms with E-state index in [0.29, 0.717) is 5.69 Å². The SMILES string of the molecule is NC(=O)Cn1nnc(C(=O)O)c1Cc1c[nH]c2ccccc12. The summed E-state index contributed by atoms with van der Waals surface area (Å²) in [6.45, 7) is -0.210. The molecule has 2 heterocycles. The standard InChI is InChI=1S/C14H13N5O3/c15-12(20)7-19-11(13(14(21)22)17-18-19)5-8-6-16-10-4-2-1-3-9(8)10/h1-4,6,16H,5,7H2,(H2,15,20)(H,21,22). The lowest BCUT2D eigenvalue weighted by Gasteiger charge is -2.04. The van der Waals surface area contributed by atoms with Crippen LogP contribution in [-0.4, -0.2) is 37.0 Å². The van der Waals surface area contributed by atoms with E-state index in [1.807, 2.05) is 24.3 Å². The van der Waals surface area contributed by atoms with Gasteiger partial charge in [0.25, 0.3) is 0 Å². The lowest BCUT2D eigenvalue weighted by molar-refractivity contribution is -0.118. The van der Waals surface area contributed by atoms with E-state index in [9.17, 15) is 14.7 Å². The number of rotatable bonds is 5. The van der Waals surface area contributed by atoms with Crippen LogP contribution in [0.25, 0.3) is 10.9 Å². The van der Waals surface area contributed by atoms with Gasteiger partial charge in [0, 0.05) is 23.5 Å². The number of nitrogens with zero attached hydrogens (tertiary/aromatic N) is 3. The highest BCUT2D eigenvalue weighted by Crippen LogP contribution is 2.21. The van der Waals surface area contributed by atoms with Gasteiger partial charge in [-0.25, -0.2) is 9.48 Å². The highest BCUT2D eigenvalue weighted by molar-refractivity contribution is 5.88. The van der Waals surface area contributed by atoms with Crippen molar-refractivity contribution in [2.24, 2.45) is 5.73 Å². The number of para-hydroxylation sites is 1. The second-order valence-electron chi connectivity index (χ2n) is 4.85. The van der Waals surface area contributed by atoms with E-state index >= 15 is 0 Å². The van der Waals surface area contributed by atoms with Crippen molar-refractivity contribution < 1.29 is 14.7 Å². The number of aromatic nitrogens is 4. The molecule has 1 amide bonds. The normalized spacial score (nSPS) is 10.9. The van der Waals surface area contributed by atoms with Gasteiger partial charge in [0.1, 0.15) is 6.54 Å². The minimum absolute atomic E-state index is 0.175. The Hall–Kier alpha value is -3.16. The summed E-state index contributed by atoms with van der Waals surface area (Å²) < 4.78 is 1.23. The van der Waals surface area contributed by atoms with Gasteiger partial charge in [-0.15, -0.1) is 5.10 Å². The molecule has 0 radical (unpaired) electrons. The Balaban J connectivity index is 2.05. The van der Waals surface area contributed by atoms with Crippen molar-refractivity contribution in [1.29, 1.82) is 0 Å². The van der Waals surface area contributed by atoms with Crippen molar-refractivity contribution in [3.8, 4) is 0 Å².